The fourth-order valence-corrected chi connectivity index (χ4v) is 2.25. The summed E-state index contributed by atoms with van der Waals surface area (Å²) in [5.41, 5.74) is 3.67. The van der Waals surface area contributed by atoms with Crippen molar-refractivity contribution in [2.75, 3.05) is 18.0 Å². The van der Waals surface area contributed by atoms with E-state index >= 15 is 0 Å². The molecule has 1 heterocycles. The fraction of sp³-hybridized carbons (Fsp3) is 0.353. The summed E-state index contributed by atoms with van der Waals surface area (Å²) in [6, 6.07) is 14.8. The molecular formula is C17H24ClN3. The first-order valence-electron chi connectivity index (χ1n) is 7.28. The van der Waals surface area contributed by atoms with Crippen LogP contribution in [0, 0.1) is 0 Å². The molecule has 0 atom stereocenters. The molecule has 0 fully saturated rings. The molecule has 0 unspecified atom stereocenters. The minimum Gasteiger partial charge on any atom is -0.372 e. The third-order valence-corrected chi connectivity index (χ3v) is 3.43. The summed E-state index contributed by atoms with van der Waals surface area (Å²) in [6.07, 6.45) is 1.83. The van der Waals surface area contributed by atoms with Crippen LogP contribution in [0.5, 0.6) is 0 Å². The van der Waals surface area contributed by atoms with Crippen molar-refractivity contribution in [3.63, 3.8) is 0 Å². The average Bonchev–Trinajstić information content (AvgIpc) is 2.51. The molecule has 21 heavy (non-hydrogen) atoms. The second-order valence-corrected chi connectivity index (χ2v) is 4.76. The van der Waals surface area contributed by atoms with E-state index in [1.165, 1.54) is 11.3 Å². The molecule has 0 saturated heterocycles. The Morgan fingerprint density at radius 3 is 2.24 bits per heavy atom. The van der Waals surface area contributed by atoms with Gasteiger partial charge in [-0.15, -0.1) is 12.4 Å². The van der Waals surface area contributed by atoms with Crippen LogP contribution in [0.25, 0.3) is 0 Å². The molecule has 0 saturated carbocycles. The van der Waals surface area contributed by atoms with Crippen LogP contribution in [0.4, 0.5) is 5.69 Å². The first-order valence-corrected chi connectivity index (χ1v) is 7.28. The number of benzene rings is 1. The number of hydrogen-bond acceptors (Lipinski definition) is 3. The number of hydrogen-bond donors (Lipinski definition) is 1. The van der Waals surface area contributed by atoms with Crippen LogP contribution >= 0.6 is 12.4 Å². The molecule has 0 aliphatic rings. The summed E-state index contributed by atoms with van der Waals surface area (Å²) in [4.78, 5) is 6.65. The highest BCUT2D eigenvalue weighted by Crippen LogP contribution is 2.14. The van der Waals surface area contributed by atoms with E-state index in [2.05, 4.69) is 53.3 Å². The number of pyridine rings is 1. The van der Waals surface area contributed by atoms with Crippen molar-refractivity contribution in [1.82, 2.24) is 10.3 Å². The van der Waals surface area contributed by atoms with Crippen LogP contribution in [0.15, 0.2) is 48.7 Å². The molecule has 1 N–H and O–H groups in total. The lowest BCUT2D eigenvalue weighted by molar-refractivity contribution is 0.679. The number of rotatable bonds is 7. The van der Waals surface area contributed by atoms with Crippen molar-refractivity contribution in [3.05, 3.63) is 59.9 Å². The fourth-order valence-electron chi connectivity index (χ4n) is 2.25. The van der Waals surface area contributed by atoms with Crippen molar-refractivity contribution < 1.29 is 0 Å². The van der Waals surface area contributed by atoms with Gasteiger partial charge < -0.3 is 10.2 Å². The molecule has 4 heteroatoms. The van der Waals surface area contributed by atoms with Gasteiger partial charge in [-0.2, -0.15) is 0 Å². The Hall–Kier alpha value is -1.58. The van der Waals surface area contributed by atoms with E-state index in [4.69, 9.17) is 0 Å². The molecular weight excluding hydrogens is 282 g/mol. The standard InChI is InChI=1S/C17H23N3.ClH/c1-3-20(4-2)17-10-8-15(9-11-17)13-18-14-16-7-5-6-12-19-16;/h5-12,18H,3-4,13-14H2,1-2H3;1H. The molecule has 0 radical (unpaired) electrons. The minimum absolute atomic E-state index is 0. The molecule has 1 aromatic heterocycles. The maximum atomic E-state index is 4.30. The van der Waals surface area contributed by atoms with Crippen molar-refractivity contribution in [2.45, 2.75) is 26.9 Å². The number of nitrogens with one attached hydrogen (secondary N) is 1. The first-order chi connectivity index (χ1) is 9.83. The zero-order valence-electron chi connectivity index (χ0n) is 12.7. The molecule has 0 amide bonds. The highest BCUT2D eigenvalue weighted by molar-refractivity contribution is 5.85. The summed E-state index contributed by atoms with van der Waals surface area (Å²) < 4.78 is 0. The molecule has 0 aliphatic heterocycles. The van der Waals surface area contributed by atoms with E-state index in [0.717, 1.165) is 31.9 Å². The highest BCUT2D eigenvalue weighted by Gasteiger charge is 2.01. The number of aromatic nitrogens is 1. The van der Waals surface area contributed by atoms with Crippen LogP contribution < -0.4 is 10.2 Å². The Balaban J connectivity index is 0.00000220. The maximum absolute atomic E-state index is 4.30. The summed E-state index contributed by atoms with van der Waals surface area (Å²) in [5.74, 6) is 0. The third kappa shape index (κ3) is 5.37. The van der Waals surface area contributed by atoms with Gasteiger partial charge in [-0.1, -0.05) is 18.2 Å². The van der Waals surface area contributed by atoms with E-state index in [0.29, 0.717) is 0 Å². The SMILES string of the molecule is CCN(CC)c1ccc(CNCc2ccccn2)cc1.Cl. The lowest BCUT2D eigenvalue weighted by Gasteiger charge is -2.21. The Kier molecular flexibility index (Phi) is 7.80. The molecule has 2 rings (SSSR count). The third-order valence-electron chi connectivity index (χ3n) is 3.43. The van der Waals surface area contributed by atoms with Crippen LogP contribution in [0.3, 0.4) is 0 Å². The largest absolute Gasteiger partial charge is 0.372 e. The minimum atomic E-state index is 0. The van der Waals surface area contributed by atoms with Crippen LogP contribution in [0.1, 0.15) is 25.1 Å². The highest BCUT2D eigenvalue weighted by atomic mass is 35.5. The van der Waals surface area contributed by atoms with Gasteiger partial charge in [0, 0.05) is 38.1 Å². The van der Waals surface area contributed by atoms with E-state index in [9.17, 15) is 0 Å². The quantitative estimate of drug-likeness (QED) is 0.846. The molecule has 114 valence electrons. The second-order valence-electron chi connectivity index (χ2n) is 4.76. The van der Waals surface area contributed by atoms with Crippen LogP contribution in [0.2, 0.25) is 0 Å². The van der Waals surface area contributed by atoms with Gasteiger partial charge in [0.05, 0.1) is 5.69 Å². The topological polar surface area (TPSA) is 28.2 Å². The van der Waals surface area contributed by atoms with Gasteiger partial charge in [-0.05, 0) is 43.7 Å². The lowest BCUT2D eigenvalue weighted by Crippen LogP contribution is -2.21. The van der Waals surface area contributed by atoms with Crippen LogP contribution in [-0.2, 0) is 13.1 Å². The second kappa shape index (κ2) is 9.37. The number of halogens is 1. The molecule has 0 spiro atoms. The number of anilines is 1. The summed E-state index contributed by atoms with van der Waals surface area (Å²) in [6.45, 7) is 8.15. The predicted octanol–water partition coefficient (Wildman–Crippen LogP) is 3.64. The molecule has 0 bridgehead atoms. The van der Waals surface area contributed by atoms with Gasteiger partial charge in [0.15, 0.2) is 0 Å². The maximum Gasteiger partial charge on any atom is 0.0541 e. The van der Waals surface area contributed by atoms with E-state index < -0.39 is 0 Å². The van der Waals surface area contributed by atoms with Gasteiger partial charge in [0.2, 0.25) is 0 Å². The monoisotopic (exact) mass is 305 g/mol. The Labute approximate surface area is 133 Å². The summed E-state index contributed by atoms with van der Waals surface area (Å²) in [5, 5.41) is 3.42. The smallest absolute Gasteiger partial charge is 0.0541 e. The van der Waals surface area contributed by atoms with Crippen molar-refractivity contribution in [1.29, 1.82) is 0 Å². The zero-order valence-corrected chi connectivity index (χ0v) is 13.6. The molecule has 2 aromatic rings. The summed E-state index contributed by atoms with van der Waals surface area (Å²) in [7, 11) is 0. The average molecular weight is 306 g/mol. The van der Waals surface area contributed by atoms with Gasteiger partial charge in [-0.25, -0.2) is 0 Å². The molecule has 1 aromatic carbocycles. The molecule has 3 nitrogen and oxygen atoms in total. The first kappa shape index (κ1) is 17.5. The van der Waals surface area contributed by atoms with E-state index in [1.807, 2.05) is 24.4 Å². The normalized spacial score (nSPS) is 10.0. The summed E-state index contributed by atoms with van der Waals surface area (Å²) >= 11 is 0. The number of nitrogens with zero attached hydrogens (tertiary/aromatic N) is 2. The van der Waals surface area contributed by atoms with Crippen LogP contribution in [-0.4, -0.2) is 18.1 Å². The van der Waals surface area contributed by atoms with Gasteiger partial charge >= 0.3 is 0 Å². The van der Waals surface area contributed by atoms with E-state index in [1.54, 1.807) is 0 Å². The van der Waals surface area contributed by atoms with Gasteiger partial charge in [0.25, 0.3) is 0 Å². The van der Waals surface area contributed by atoms with Crippen molar-refractivity contribution in [3.8, 4) is 0 Å². The zero-order chi connectivity index (χ0) is 14.2. The van der Waals surface area contributed by atoms with Gasteiger partial charge in [-0.3, -0.25) is 4.98 Å². The predicted molar refractivity (Wildman–Crippen MR) is 92.0 cm³/mol. The Morgan fingerprint density at radius 2 is 1.67 bits per heavy atom. The Morgan fingerprint density at radius 1 is 0.952 bits per heavy atom. The van der Waals surface area contributed by atoms with Crippen molar-refractivity contribution >= 4 is 18.1 Å². The molecule has 0 aliphatic carbocycles. The van der Waals surface area contributed by atoms with Crippen molar-refractivity contribution in [2.24, 2.45) is 0 Å². The van der Waals surface area contributed by atoms with E-state index in [-0.39, 0.29) is 12.4 Å². The lowest BCUT2D eigenvalue weighted by atomic mass is 10.2. The van der Waals surface area contributed by atoms with Gasteiger partial charge in [0.1, 0.15) is 0 Å². The Bertz CT molecular complexity index is 495.